The molecule has 0 N–H and O–H groups in total. The highest BCUT2D eigenvalue weighted by Gasteiger charge is 2.25. The van der Waals surface area contributed by atoms with Gasteiger partial charge < -0.3 is 4.74 Å². The standard InChI is InChI=1S/C13H8BrCl2F2N3OS/c1-4-19-10-7(5(15)3-6(16)11(10)23-4)9-8(14)12(21(2)20-9)22-13(17)18/h3,13H,1-2H3. The van der Waals surface area contributed by atoms with Crippen LogP contribution in [0.2, 0.25) is 10.0 Å². The Labute approximate surface area is 152 Å². The first-order chi connectivity index (χ1) is 10.8. The van der Waals surface area contributed by atoms with E-state index in [1.165, 1.54) is 23.1 Å². The van der Waals surface area contributed by atoms with Crippen LogP contribution in [0, 0.1) is 6.92 Å². The minimum absolute atomic E-state index is 0.0962. The van der Waals surface area contributed by atoms with Crippen molar-refractivity contribution in [1.29, 1.82) is 0 Å². The van der Waals surface area contributed by atoms with Crippen LogP contribution in [0.4, 0.5) is 8.78 Å². The third kappa shape index (κ3) is 2.93. The average molecular weight is 443 g/mol. The van der Waals surface area contributed by atoms with E-state index in [0.29, 0.717) is 26.8 Å². The van der Waals surface area contributed by atoms with Crippen molar-refractivity contribution >= 4 is 60.7 Å². The van der Waals surface area contributed by atoms with Gasteiger partial charge in [0.05, 0.1) is 25.3 Å². The highest BCUT2D eigenvalue weighted by Crippen LogP contribution is 2.45. The van der Waals surface area contributed by atoms with E-state index in [9.17, 15) is 8.78 Å². The predicted molar refractivity (Wildman–Crippen MR) is 90.9 cm³/mol. The van der Waals surface area contributed by atoms with Crippen LogP contribution in [-0.4, -0.2) is 21.4 Å². The molecule has 4 nitrogen and oxygen atoms in total. The van der Waals surface area contributed by atoms with E-state index in [1.807, 2.05) is 6.92 Å². The normalized spacial score (nSPS) is 11.7. The van der Waals surface area contributed by atoms with E-state index in [0.717, 1.165) is 9.71 Å². The largest absolute Gasteiger partial charge is 0.416 e. The maximum absolute atomic E-state index is 12.5. The van der Waals surface area contributed by atoms with Crippen molar-refractivity contribution in [3.05, 3.63) is 25.6 Å². The fourth-order valence-electron chi connectivity index (χ4n) is 2.20. The zero-order valence-corrected chi connectivity index (χ0v) is 15.6. The number of rotatable bonds is 3. The van der Waals surface area contributed by atoms with Crippen molar-refractivity contribution in [2.24, 2.45) is 7.05 Å². The zero-order chi connectivity index (χ0) is 16.9. The number of halogens is 5. The summed E-state index contributed by atoms with van der Waals surface area (Å²) < 4.78 is 31.8. The fraction of sp³-hybridized carbons (Fsp3) is 0.231. The van der Waals surface area contributed by atoms with E-state index < -0.39 is 6.61 Å². The summed E-state index contributed by atoms with van der Waals surface area (Å²) >= 11 is 17.2. The van der Waals surface area contributed by atoms with Crippen LogP contribution in [0.1, 0.15) is 5.01 Å². The van der Waals surface area contributed by atoms with Crippen LogP contribution in [0.5, 0.6) is 5.88 Å². The Bertz CT molecular complexity index is 913. The van der Waals surface area contributed by atoms with Gasteiger partial charge in [-0.25, -0.2) is 9.67 Å². The summed E-state index contributed by atoms with van der Waals surface area (Å²) in [5, 5.41) is 5.85. The lowest BCUT2D eigenvalue weighted by atomic mass is 10.1. The molecular weight excluding hydrogens is 435 g/mol. The van der Waals surface area contributed by atoms with Gasteiger partial charge in [-0.3, -0.25) is 0 Å². The molecule has 0 aliphatic heterocycles. The minimum atomic E-state index is -2.96. The molecule has 0 saturated heterocycles. The number of hydrogen-bond donors (Lipinski definition) is 0. The SMILES string of the molecule is Cc1nc2c(-c3nn(C)c(OC(F)F)c3Br)c(Cl)cc(Cl)c2s1. The van der Waals surface area contributed by atoms with Gasteiger partial charge >= 0.3 is 6.61 Å². The zero-order valence-electron chi connectivity index (χ0n) is 11.7. The third-order valence-corrected chi connectivity index (χ3v) is 5.48. The van der Waals surface area contributed by atoms with Gasteiger partial charge in [-0.1, -0.05) is 23.2 Å². The fourth-order valence-corrected chi connectivity index (χ4v) is 4.32. The Morgan fingerprint density at radius 1 is 1.35 bits per heavy atom. The molecule has 0 aliphatic carbocycles. The molecule has 2 aromatic heterocycles. The number of alkyl halides is 2. The molecule has 3 rings (SSSR count). The summed E-state index contributed by atoms with van der Waals surface area (Å²) in [5.74, 6) is -0.0962. The smallest absolute Gasteiger partial charge is 0.388 e. The van der Waals surface area contributed by atoms with Crippen molar-refractivity contribution in [2.75, 3.05) is 0 Å². The van der Waals surface area contributed by atoms with E-state index in [-0.39, 0.29) is 10.4 Å². The number of fused-ring (bicyclic) bond motifs is 1. The molecule has 0 spiro atoms. The lowest BCUT2D eigenvalue weighted by Crippen LogP contribution is -2.06. The van der Waals surface area contributed by atoms with E-state index in [4.69, 9.17) is 23.2 Å². The second-order valence-electron chi connectivity index (χ2n) is 4.60. The molecule has 1 aromatic carbocycles. The third-order valence-electron chi connectivity index (χ3n) is 3.06. The summed E-state index contributed by atoms with van der Waals surface area (Å²) in [7, 11) is 1.50. The Morgan fingerprint density at radius 2 is 2.04 bits per heavy atom. The van der Waals surface area contributed by atoms with Gasteiger partial charge in [-0.2, -0.15) is 13.9 Å². The number of thiazole rings is 1. The van der Waals surface area contributed by atoms with Gasteiger partial charge in [-0.15, -0.1) is 11.3 Å². The number of benzene rings is 1. The van der Waals surface area contributed by atoms with Crippen LogP contribution in [0.3, 0.4) is 0 Å². The van der Waals surface area contributed by atoms with E-state index in [1.54, 1.807) is 6.07 Å². The topological polar surface area (TPSA) is 39.9 Å². The molecule has 10 heteroatoms. The number of ether oxygens (including phenoxy) is 1. The van der Waals surface area contributed by atoms with Gasteiger partial charge in [0.25, 0.3) is 0 Å². The van der Waals surface area contributed by atoms with Crippen molar-refractivity contribution in [2.45, 2.75) is 13.5 Å². The van der Waals surface area contributed by atoms with E-state index >= 15 is 0 Å². The predicted octanol–water partition coefficient (Wildman–Crippen LogP) is 5.68. The number of aryl methyl sites for hydroxylation is 2. The molecule has 0 radical (unpaired) electrons. The molecule has 23 heavy (non-hydrogen) atoms. The molecular formula is C13H8BrCl2F2N3OS. The van der Waals surface area contributed by atoms with Gasteiger partial charge in [-0.05, 0) is 28.9 Å². The maximum atomic E-state index is 12.5. The lowest BCUT2D eigenvalue weighted by molar-refractivity contribution is -0.0558. The van der Waals surface area contributed by atoms with Crippen molar-refractivity contribution in [3.63, 3.8) is 0 Å². The average Bonchev–Trinajstić information content (AvgIpc) is 2.95. The van der Waals surface area contributed by atoms with Crippen molar-refractivity contribution in [3.8, 4) is 17.1 Å². The quantitative estimate of drug-likeness (QED) is 0.524. The second kappa shape index (κ2) is 6.16. The van der Waals surface area contributed by atoms with Crippen LogP contribution in [0.25, 0.3) is 21.5 Å². The molecule has 3 aromatic rings. The summed E-state index contributed by atoms with van der Waals surface area (Å²) in [6.45, 7) is -1.12. The highest BCUT2D eigenvalue weighted by molar-refractivity contribution is 9.10. The Balaban J connectivity index is 2.29. The van der Waals surface area contributed by atoms with Crippen LogP contribution < -0.4 is 4.74 Å². The molecule has 122 valence electrons. The van der Waals surface area contributed by atoms with Crippen LogP contribution >= 0.6 is 50.5 Å². The lowest BCUT2D eigenvalue weighted by Gasteiger charge is -2.05. The number of nitrogens with zero attached hydrogens (tertiary/aromatic N) is 3. The first-order valence-electron chi connectivity index (χ1n) is 6.22. The van der Waals surface area contributed by atoms with Gasteiger partial charge in [0.15, 0.2) is 0 Å². The summed E-state index contributed by atoms with van der Waals surface area (Å²) in [6, 6.07) is 1.59. The summed E-state index contributed by atoms with van der Waals surface area (Å²) in [5.41, 5.74) is 1.45. The number of aromatic nitrogens is 3. The van der Waals surface area contributed by atoms with Gasteiger partial charge in [0, 0.05) is 12.6 Å². The monoisotopic (exact) mass is 441 g/mol. The molecule has 0 aliphatic rings. The summed E-state index contributed by atoms with van der Waals surface area (Å²) in [4.78, 5) is 4.44. The number of hydrogen-bond acceptors (Lipinski definition) is 4. The summed E-state index contributed by atoms with van der Waals surface area (Å²) in [6.07, 6.45) is 0. The van der Waals surface area contributed by atoms with E-state index in [2.05, 4.69) is 30.7 Å². The van der Waals surface area contributed by atoms with Gasteiger partial charge in [0.1, 0.15) is 10.2 Å². The first-order valence-corrected chi connectivity index (χ1v) is 8.59. The Kier molecular flexibility index (Phi) is 4.52. The minimum Gasteiger partial charge on any atom is -0.416 e. The molecule has 0 fully saturated rings. The van der Waals surface area contributed by atoms with Crippen molar-refractivity contribution < 1.29 is 13.5 Å². The van der Waals surface area contributed by atoms with Crippen molar-refractivity contribution in [1.82, 2.24) is 14.8 Å². The molecule has 0 unspecified atom stereocenters. The Hall–Kier alpha value is -0.960. The molecule has 0 atom stereocenters. The second-order valence-corrected chi connectivity index (χ2v) is 7.41. The molecule has 0 amide bonds. The molecule has 0 bridgehead atoms. The maximum Gasteiger partial charge on any atom is 0.388 e. The molecule has 2 heterocycles. The molecule has 0 saturated carbocycles. The van der Waals surface area contributed by atoms with Gasteiger partial charge in [0.2, 0.25) is 5.88 Å². The highest BCUT2D eigenvalue weighted by atomic mass is 79.9. The van der Waals surface area contributed by atoms with Crippen LogP contribution in [0.15, 0.2) is 10.5 Å². The Morgan fingerprint density at radius 3 is 2.70 bits per heavy atom. The first kappa shape index (κ1) is 16.9. The van der Waals surface area contributed by atoms with Crippen LogP contribution in [-0.2, 0) is 7.05 Å².